The van der Waals surface area contributed by atoms with Crippen molar-refractivity contribution in [3.05, 3.63) is 12.7 Å². The van der Waals surface area contributed by atoms with Crippen LogP contribution in [0.2, 0.25) is 0 Å². The largest absolute Gasteiger partial charge is 0.355 e. The number of carbonyl (C=O) groups is 1. The van der Waals surface area contributed by atoms with Crippen LogP contribution >= 0.6 is 0 Å². The molecule has 0 aromatic rings. The molecule has 0 N–H and O–H groups in total. The van der Waals surface area contributed by atoms with Crippen molar-refractivity contribution < 1.29 is 9.90 Å². The van der Waals surface area contributed by atoms with Crippen molar-refractivity contribution in [2.45, 2.75) is 51.4 Å². The van der Waals surface area contributed by atoms with Crippen molar-refractivity contribution in [2.75, 3.05) is 0 Å². The molecule has 0 atom stereocenters. The minimum Gasteiger partial charge on any atom is -0.247 e. The summed E-state index contributed by atoms with van der Waals surface area (Å²) in [5, 5.41) is 10.1. The molecule has 0 bridgehead atoms. The Morgan fingerprint density at radius 1 is 1.00 bits per heavy atom. The van der Waals surface area contributed by atoms with Crippen LogP contribution in [0.3, 0.4) is 0 Å². The van der Waals surface area contributed by atoms with E-state index in [1.165, 1.54) is 19.3 Å². The third-order valence-electron chi connectivity index (χ3n) is 2.04. The van der Waals surface area contributed by atoms with Gasteiger partial charge >= 0.3 is 5.97 Å². The van der Waals surface area contributed by atoms with Gasteiger partial charge < -0.3 is 0 Å². The van der Waals surface area contributed by atoms with E-state index in [0.29, 0.717) is 0 Å². The summed E-state index contributed by atoms with van der Waals surface area (Å²) in [6.45, 7) is 3.66. The van der Waals surface area contributed by atoms with Gasteiger partial charge in [0.1, 0.15) is 0 Å². The van der Waals surface area contributed by atoms with Gasteiger partial charge in [-0.05, 0) is 19.3 Å². The Balaban J connectivity index is 2.91. The van der Waals surface area contributed by atoms with Crippen LogP contribution in [0.15, 0.2) is 12.7 Å². The standard InChI is InChI=1S/C11H19O2/c1-2-3-4-5-6-7-8-9-10-11(12)13/h2H,1,3-10H2. The van der Waals surface area contributed by atoms with Crippen molar-refractivity contribution >= 4 is 5.97 Å². The molecule has 0 rings (SSSR count). The summed E-state index contributed by atoms with van der Waals surface area (Å²) in [6.07, 6.45) is 9.83. The van der Waals surface area contributed by atoms with Gasteiger partial charge in [0.25, 0.3) is 0 Å². The summed E-state index contributed by atoms with van der Waals surface area (Å²) in [4.78, 5) is 10.1. The van der Waals surface area contributed by atoms with Crippen LogP contribution in [0.25, 0.3) is 0 Å². The lowest BCUT2D eigenvalue weighted by Crippen LogP contribution is -1.91. The monoisotopic (exact) mass is 183 g/mol. The first-order valence-corrected chi connectivity index (χ1v) is 5.08. The molecular weight excluding hydrogens is 164 g/mol. The fourth-order valence-corrected chi connectivity index (χ4v) is 1.27. The lowest BCUT2D eigenvalue weighted by Gasteiger charge is -1.98. The minimum atomic E-state index is -0.924. The van der Waals surface area contributed by atoms with Crippen LogP contribution in [0.4, 0.5) is 0 Å². The molecule has 13 heavy (non-hydrogen) atoms. The van der Waals surface area contributed by atoms with Gasteiger partial charge in [0, 0.05) is 0 Å². The molecule has 0 saturated heterocycles. The Labute approximate surface area is 80.7 Å². The lowest BCUT2D eigenvalue weighted by atomic mass is 10.1. The number of unbranched alkanes of at least 4 members (excludes halogenated alkanes) is 6. The third-order valence-corrected chi connectivity index (χ3v) is 2.04. The molecule has 0 saturated carbocycles. The van der Waals surface area contributed by atoms with Crippen LogP contribution in [-0.4, -0.2) is 5.97 Å². The van der Waals surface area contributed by atoms with Gasteiger partial charge in [-0.15, -0.1) is 6.58 Å². The average molecular weight is 183 g/mol. The smallest absolute Gasteiger partial charge is 0.247 e. The fraction of sp³-hybridized carbons (Fsp3) is 0.727. The second-order valence-corrected chi connectivity index (χ2v) is 3.32. The zero-order chi connectivity index (χ0) is 9.94. The van der Waals surface area contributed by atoms with Gasteiger partial charge in [0.05, 0.1) is 6.42 Å². The highest BCUT2D eigenvalue weighted by atomic mass is 16.4. The van der Waals surface area contributed by atoms with E-state index in [2.05, 4.69) is 6.58 Å². The second kappa shape index (κ2) is 9.30. The Morgan fingerprint density at radius 3 is 2.08 bits per heavy atom. The number of allylic oxidation sites excluding steroid dienone is 1. The molecule has 2 nitrogen and oxygen atoms in total. The van der Waals surface area contributed by atoms with Gasteiger partial charge in [0.15, 0.2) is 0 Å². The zero-order valence-electron chi connectivity index (χ0n) is 8.26. The summed E-state index contributed by atoms with van der Waals surface area (Å²) in [5.74, 6) is -0.924. The number of hydrogen-bond donors (Lipinski definition) is 0. The highest BCUT2D eigenvalue weighted by molar-refractivity contribution is 5.66. The molecular formula is C11H19O2. The summed E-state index contributed by atoms with van der Waals surface area (Å²) in [7, 11) is 0. The first-order chi connectivity index (χ1) is 6.27. The van der Waals surface area contributed by atoms with Gasteiger partial charge in [-0.2, -0.15) is 0 Å². The van der Waals surface area contributed by atoms with Crippen LogP contribution in [-0.2, 0) is 9.90 Å². The zero-order valence-corrected chi connectivity index (χ0v) is 8.26. The van der Waals surface area contributed by atoms with Gasteiger partial charge in [-0.3, -0.25) is 0 Å². The maximum atomic E-state index is 10.1. The van der Waals surface area contributed by atoms with Crippen LogP contribution in [0, 0.1) is 0 Å². The summed E-state index contributed by atoms with van der Waals surface area (Å²) in [5.41, 5.74) is 0. The SMILES string of the molecule is C=CCCCCCCCCC([O])=O. The Bertz CT molecular complexity index is 141. The molecule has 0 aliphatic heterocycles. The normalized spacial score (nSPS) is 9.85. The Kier molecular flexibility index (Phi) is 8.73. The Morgan fingerprint density at radius 2 is 1.54 bits per heavy atom. The van der Waals surface area contributed by atoms with E-state index in [4.69, 9.17) is 0 Å². The number of rotatable bonds is 9. The molecule has 1 radical (unpaired) electrons. The van der Waals surface area contributed by atoms with Crippen molar-refractivity contribution in [2.24, 2.45) is 0 Å². The molecule has 0 aromatic heterocycles. The highest BCUT2D eigenvalue weighted by Gasteiger charge is 1.98. The first kappa shape index (κ1) is 12.2. The van der Waals surface area contributed by atoms with Crippen LogP contribution < -0.4 is 0 Å². The molecule has 0 heterocycles. The predicted octanol–water partition coefficient (Wildman–Crippen LogP) is 3.25. The predicted molar refractivity (Wildman–Crippen MR) is 52.8 cm³/mol. The topological polar surface area (TPSA) is 37.0 Å². The second-order valence-electron chi connectivity index (χ2n) is 3.32. The van der Waals surface area contributed by atoms with Gasteiger partial charge in [-0.1, -0.05) is 31.8 Å². The molecule has 75 valence electrons. The molecule has 0 amide bonds. The molecule has 0 aliphatic carbocycles. The minimum absolute atomic E-state index is 0.215. The van der Waals surface area contributed by atoms with E-state index in [1.807, 2.05) is 6.08 Å². The molecule has 0 aliphatic rings. The van der Waals surface area contributed by atoms with Gasteiger partial charge in [-0.25, -0.2) is 9.90 Å². The Hall–Kier alpha value is -0.790. The average Bonchev–Trinajstić information content (AvgIpc) is 2.09. The molecule has 0 spiro atoms. The number of hydrogen-bond acceptors (Lipinski definition) is 1. The quantitative estimate of drug-likeness (QED) is 0.399. The van der Waals surface area contributed by atoms with Crippen LogP contribution in [0.5, 0.6) is 0 Å². The first-order valence-electron chi connectivity index (χ1n) is 5.08. The lowest BCUT2D eigenvalue weighted by molar-refractivity contribution is -0.143. The summed E-state index contributed by atoms with van der Waals surface area (Å²) < 4.78 is 0. The van der Waals surface area contributed by atoms with E-state index in [-0.39, 0.29) is 6.42 Å². The van der Waals surface area contributed by atoms with Gasteiger partial charge in [0.2, 0.25) is 0 Å². The maximum absolute atomic E-state index is 10.1. The maximum Gasteiger partial charge on any atom is 0.355 e. The molecule has 0 unspecified atom stereocenters. The van der Waals surface area contributed by atoms with E-state index in [9.17, 15) is 9.90 Å². The summed E-state index contributed by atoms with van der Waals surface area (Å²) >= 11 is 0. The summed E-state index contributed by atoms with van der Waals surface area (Å²) in [6, 6.07) is 0. The third kappa shape index (κ3) is 11.2. The fourth-order valence-electron chi connectivity index (χ4n) is 1.27. The van der Waals surface area contributed by atoms with Crippen molar-refractivity contribution in [1.29, 1.82) is 0 Å². The van der Waals surface area contributed by atoms with Crippen molar-refractivity contribution in [3.8, 4) is 0 Å². The van der Waals surface area contributed by atoms with E-state index in [0.717, 1.165) is 25.7 Å². The van der Waals surface area contributed by atoms with Crippen LogP contribution in [0.1, 0.15) is 51.4 Å². The molecule has 0 fully saturated rings. The van der Waals surface area contributed by atoms with Crippen molar-refractivity contribution in [1.82, 2.24) is 0 Å². The van der Waals surface area contributed by atoms with E-state index < -0.39 is 5.97 Å². The number of carbonyl (C=O) groups excluding carboxylic acids is 1. The van der Waals surface area contributed by atoms with E-state index >= 15 is 0 Å². The molecule has 2 heteroatoms. The highest BCUT2D eigenvalue weighted by Crippen LogP contribution is 2.08. The molecule has 0 aromatic carbocycles. The van der Waals surface area contributed by atoms with E-state index in [1.54, 1.807) is 0 Å². The van der Waals surface area contributed by atoms with Crippen molar-refractivity contribution in [3.63, 3.8) is 0 Å².